The minimum atomic E-state index is -0.533. The maximum Gasteiger partial charge on any atom is 0.0848 e. The molecule has 0 amide bonds. The molecule has 1 aromatic heterocycles. The molecule has 0 aliphatic heterocycles. The van der Waals surface area contributed by atoms with Gasteiger partial charge < -0.3 is 5.11 Å². The van der Waals surface area contributed by atoms with E-state index in [-0.39, 0.29) is 0 Å². The quantitative estimate of drug-likeness (QED) is 0.936. The summed E-state index contributed by atoms with van der Waals surface area (Å²) < 4.78 is 1.88. The lowest BCUT2D eigenvalue weighted by atomic mass is 10.00. The first-order chi connectivity index (χ1) is 10.1. The fourth-order valence-electron chi connectivity index (χ4n) is 3.16. The molecule has 1 aliphatic carbocycles. The topological polar surface area (TPSA) is 38.0 Å². The second-order valence-electron chi connectivity index (χ2n) is 5.76. The molecule has 1 atom stereocenters. The van der Waals surface area contributed by atoms with Crippen molar-refractivity contribution in [2.75, 3.05) is 0 Å². The maximum atomic E-state index is 10.6. The number of benzene rings is 1. The second kappa shape index (κ2) is 5.82. The summed E-state index contributed by atoms with van der Waals surface area (Å²) in [6, 6.07) is 6.35. The smallest absolute Gasteiger partial charge is 0.0848 e. The minimum absolute atomic E-state index is 0.506. The average molecular weight is 305 g/mol. The molecule has 112 valence electrons. The lowest BCUT2D eigenvalue weighted by Crippen LogP contribution is -2.09. The number of hydrogen-bond donors (Lipinski definition) is 1. The zero-order valence-electron chi connectivity index (χ0n) is 12.6. The normalized spacial score (nSPS) is 15.2. The number of aliphatic hydroxyl groups excluding tert-OH is 1. The van der Waals surface area contributed by atoms with E-state index < -0.39 is 6.10 Å². The summed E-state index contributed by atoms with van der Waals surface area (Å²) in [5.41, 5.74) is 5.55. The van der Waals surface area contributed by atoms with Crippen molar-refractivity contribution < 1.29 is 5.11 Å². The Balaban J connectivity index is 1.85. The van der Waals surface area contributed by atoms with Gasteiger partial charge in [-0.05, 0) is 49.8 Å². The predicted molar refractivity (Wildman–Crippen MR) is 84.8 cm³/mol. The average Bonchev–Trinajstić information content (AvgIpc) is 3.05. The van der Waals surface area contributed by atoms with Crippen LogP contribution in [0.3, 0.4) is 0 Å². The van der Waals surface area contributed by atoms with Crippen molar-refractivity contribution in [1.82, 2.24) is 9.78 Å². The van der Waals surface area contributed by atoms with Gasteiger partial charge in [-0.2, -0.15) is 5.10 Å². The number of aliphatic hydroxyl groups is 1. The van der Waals surface area contributed by atoms with Gasteiger partial charge in [-0.15, -0.1) is 0 Å². The van der Waals surface area contributed by atoms with Gasteiger partial charge in [0.05, 0.1) is 22.5 Å². The Kier molecular flexibility index (Phi) is 4.05. The molecule has 0 spiro atoms. The van der Waals surface area contributed by atoms with Gasteiger partial charge in [-0.3, -0.25) is 4.68 Å². The zero-order valence-corrected chi connectivity index (χ0v) is 13.3. The van der Waals surface area contributed by atoms with E-state index in [4.69, 9.17) is 11.6 Å². The van der Waals surface area contributed by atoms with E-state index in [9.17, 15) is 5.11 Å². The highest BCUT2D eigenvalue weighted by Gasteiger charge is 2.19. The molecule has 3 rings (SSSR count). The van der Waals surface area contributed by atoms with Crippen molar-refractivity contribution >= 4 is 11.6 Å². The highest BCUT2D eigenvalue weighted by molar-refractivity contribution is 6.31. The summed E-state index contributed by atoms with van der Waals surface area (Å²) in [6.45, 7) is 4.70. The van der Waals surface area contributed by atoms with E-state index in [0.717, 1.165) is 29.9 Å². The van der Waals surface area contributed by atoms with Crippen LogP contribution in [-0.4, -0.2) is 14.9 Å². The highest BCUT2D eigenvalue weighted by Crippen LogP contribution is 2.29. The van der Waals surface area contributed by atoms with Crippen molar-refractivity contribution in [3.05, 3.63) is 51.3 Å². The molecule has 1 unspecified atom stereocenters. The van der Waals surface area contributed by atoms with E-state index in [1.807, 2.05) is 24.6 Å². The molecule has 2 aromatic rings. The van der Waals surface area contributed by atoms with Crippen LogP contribution in [0.15, 0.2) is 18.2 Å². The van der Waals surface area contributed by atoms with Crippen LogP contribution >= 0.6 is 11.6 Å². The molecule has 1 heterocycles. The molecule has 1 aromatic carbocycles. The van der Waals surface area contributed by atoms with Crippen molar-refractivity contribution in [2.24, 2.45) is 0 Å². The van der Waals surface area contributed by atoms with E-state index in [1.54, 1.807) is 0 Å². The molecule has 0 radical (unpaired) electrons. The Labute approximate surface area is 130 Å². The van der Waals surface area contributed by atoms with Gasteiger partial charge in [0.15, 0.2) is 0 Å². The van der Waals surface area contributed by atoms with Gasteiger partial charge in [0.2, 0.25) is 0 Å². The van der Waals surface area contributed by atoms with Crippen LogP contribution in [0.25, 0.3) is 0 Å². The van der Waals surface area contributed by atoms with Crippen LogP contribution in [0, 0.1) is 6.92 Å². The molecule has 21 heavy (non-hydrogen) atoms. The lowest BCUT2D eigenvalue weighted by molar-refractivity contribution is 0.175. The van der Waals surface area contributed by atoms with Crippen molar-refractivity contribution in [3.63, 3.8) is 0 Å². The Morgan fingerprint density at radius 2 is 2.10 bits per heavy atom. The minimum Gasteiger partial charge on any atom is -0.388 e. The molecule has 0 fully saturated rings. The number of hydrogen-bond acceptors (Lipinski definition) is 2. The first-order valence-corrected chi connectivity index (χ1v) is 7.99. The standard InChI is InChI=1S/C17H21ClN2O/c1-3-20-15(17(18)11(2)19-20)10-16(21)14-8-7-12-5-4-6-13(12)9-14/h7-9,16,21H,3-6,10H2,1-2H3. The summed E-state index contributed by atoms with van der Waals surface area (Å²) in [5.74, 6) is 0. The third-order valence-corrected chi connectivity index (χ3v) is 4.84. The largest absolute Gasteiger partial charge is 0.388 e. The number of rotatable bonds is 4. The lowest BCUT2D eigenvalue weighted by Gasteiger charge is -2.14. The molecule has 1 N–H and O–H groups in total. The first-order valence-electron chi connectivity index (χ1n) is 7.61. The van der Waals surface area contributed by atoms with Crippen LogP contribution in [0.1, 0.15) is 47.5 Å². The van der Waals surface area contributed by atoms with Crippen LogP contribution in [0.5, 0.6) is 0 Å². The van der Waals surface area contributed by atoms with Gasteiger partial charge in [0, 0.05) is 13.0 Å². The fraction of sp³-hybridized carbons (Fsp3) is 0.471. The van der Waals surface area contributed by atoms with Gasteiger partial charge >= 0.3 is 0 Å². The Morgan fingerprint density at radius 3 is 2.86 bits per heavy atom. The summed E-state index contributed by atoms with van der Waals surface area (Å²) in [4.78, 5) is 0. The second-order valence-corrected chi connectivity index (χ2v) is 6.14. The van der Waals surface area contributed by atoms with Crippen LogP contribution in [0.2, 0.25) is 5.02 Å². The summed E-state index contributed by atoms with van der Waals surface area (Å²) >= 11 is 6.32. The van der Waals surface area contributed by atoms with Crippen LogP contribution in [0.4, 0.5) is 0 Å². The van der Waals surface area contributed by atoms with E-state index in [2.05, 4.69) is 17.2 Å². The molecule has 1 aliphatic rings. The van der Waals surface area contributed by atoms with Crippen LogP contribution < -0.4 is 0 Å². The van der Waals surface area contributed by atoms with E-state index in [0.29, 0.717) is 11.4 Å². The molecule has 4 heteroatoms. The maximum absolute atomic E-state index is 10.6. The number of aryl methyl sites for hydroxylation is 4. The van der Waals surface area contributed by atoms with Crippen molar-refractivity contribution in [1.29, 1.82) is 0 Å². The predicted octanol–water partition coefficient (Wildman–Crippen LogP) is 3.63. The summed E-state index contributed by atoms with van der Waals surface area (Å²) in [6.07, 6.45) is 3.49. The van der Waals surface area contributed by atoms with Gasteiger partial charge in [-0.1, -0.05) is 29.8 Å². The Bertz CT molecular complexity index is 663. The third-order valence-electron chi connectivity index (χ3n) is 4.35. The molecule has 3 nitrogen and oxygen atoms in total. The van der Waals surface area contributed by atoms with E-state index >= 15 is 0 Å². The number of nitrogens with zero attached hydrogens (tertiary/aromatic N) is 2. The summed E-state index contributed by atoms with van der Waals surface area (Å²) in [7, 11) is 0. The summed E-state index contributed by atoms with van der Waals surface area (Å²) in [5, 5.41) is 15.6. The fourth-order valence-corrected chi connectivity index (χ4v) is 3.38. The van der Waals surface area contributed by atoms with Gasteiger partial charge in [-0.25, -0.2) is 0 Å². The van der Waals surface area contributed by atoms with Crippen LogP contribution in [-0.2, 0) is 25.8 Å². The number of aromatic nitrogens is 2. The van der Waals surface area contributed by atoms with E-state index in [1.165, 1.54) is 24.0 Å². The molecule has 0 bridgehead atoms. The molecular formula is C17H21ClN2O. The molecular weight excluding hydrogens is 284 g/mol. The van der Waals surface area contributed by atoms with Crippen molar-refractivity contribution in [2.45, 2.75) is 52.2 Å². The Morgan fingerprint density at radius 1 is 1.33 bits per heavy atom. The first kappa shape index (κ1) is 14.6. The van der Waals surface area contributed by atoms with Gasteiger partial charge in [0.25, 0.3) is 0 Å². The van der Waals surface area contributed by atoms with Crippen molar-refractivity contribution in [3.8, 4) is 0 Å². The Hall–Kier alpha value is -1.32. The monoisotopic (exact) mass is 304 g/mol. The highest BCUT2D eigenvalue weighted by atomic mass is 35.5. The SMILES string of the molecule is CCn1nc(C)c(Cl)c1CC(O)c1ccc2c(c1)CCC2. The molecule has 0 saturated carbocycles. The molecule has 0 saturated heterocycles. The third kappa shape index (κ3) is 2.72. The van der Waals surface area contributed by atoms with Gasteiger partial charge in [0.1, 0.15) is 0 Å². The number of fused-ring (bicyclic) bond motifs is 1. The zero-order chi connectivity index (χ0) is 15.0. The number of halogens is 1.